The number of hydrogen-bond acceptors (Lipinski definition) is 6. The number of fused-ring (bicyclic) bond motifs is 1. The molecule has 26 heavy (non-hydrogen) atoms. The highest BCUT2D eigenvalue weighted by Crippen LogP contribution is 2.42. The van der Waals surface area contributed by atoms with Crippen molar-refractivity contribution in [2.24, 2.45) is 0 Å². The highest BCUT2D eigenvalue weighted by molar-refractivity contribution is 7.99. The van der Waals surface area contributed by atoms with E-state index in [9.17, 15) is 26.7 Å². The van der Waals surface area contributed by atoms with Gasteiger partial charge in [-0.15, -0.1) is 8.78 Å². The summed E-state index contributed by atoms with van der Waals surface area (Å²) in [7, 11) is 0. The van der Waals surface area contributed by atoms with Gasteiger partial charge in [0.05, 0.1) is 5.75 Å². The molecule has 0 spiro atoms. The van der Waals surface area contributed by atoms with Crippen LogP contribution in [0.15, 0.2) is 35.6 Å². The predicted molar refractivity (Wildman–Crippen MR) is 79.0 cm³/mol. The van der Waals surface area contributed by atoms with Crippen molar-refractivity contribution in [3.63, 3.8) is 0 Å². The van der Waals surface area contributed by atoms with Gasteiger partial charge in [-0.05, 0) is 18.2 Å². The third kappa shape index (κ3) is 4.31. The maximum absolute atomic E-state index is 12.9. The van der Waals surface area contributed by atoms with Gasteiger partial charge in [0, 0.05) is 18.0 Å². The summed E-state index contributed by atoms with van der Waals surface area (Å²) in [4.78, 5) is 18.8. The van der Waals surface area contributed by atoms with Gasteiger partial charge in [-0.1, -0.05) is 11.8 Å². The molecule has 3 rings (SSSR count). The monoisotopic (exact) mass is 393 g/mol. The summed E-state index contributed by atoms with van der Waals surface area (Å²) in [6.45, 7) is 0. The second kappa shape index (κ2) is 6.59. The Bertz CT molecular complexity index is 847. The van der Waals surface area contributed by atoms with E-state index < -0.39 is 24.1 Å². The largest absolute Gasteiger partial charge is 0.586 e. The van der Waals surface area contributed by atoms with Gasteiger partial charge in [0.15, 0.2) is 16.7 Å². The van der Waals surface area contributed by atoms with Crippen molar-refractivity contribution in [2.75, 3.05) is 11.1 Å². The average Bonchev–Trinajstić information content (AvgIpc) is 2.85. The van der Waals surface area contributed by atoms with Crippen molar-refractivity contribution in [2.45, 2.75) is 17.6 Å². The molecule has 1 aliphatic rings. The lowest BCUT2D eigenvalue weighted by atomic mass is 10.3. The minimum atomic E-state index is -4.62. The molecule has 1 amide bonds. The van der Waals surface area contributed by atoms with E-state index in [-0.39, 0.29) is 28.1 Å². The molecule has 0 fully saturated rings. The zero-order valence-corrected chi connectivity index (χ0v) is 13.3. The molecule has 1 aliphatic heterocycles. The number of carbonyl (C=O) groups is 1. The fourth-order valence-electron chi connectivity index (χ4n) is 1.92. The van der Waals surface area contributed by atoms with Crippen LogP contribution in [-0.4, -0.2) is 27.9 Å². The molecule has 1 aromatic heterocycles. The molecule has 0 saturated heterocycles. The number of aromatic nitrogens is 2. The quantitative estimate of drug-likeness (QED) is 0.487. The Morgan fingerprint density at radius 1 is 1.19 bits per heavy atom. The molecule has 6 nitrogen and oxygen atoms in total. The first-order valence-corrected chi connectivity index (χ1v) is 7.84. The molecule has 12 heteroatoms. The molecule has 0 unspecified atom stereocenters. The summed E-state index contributed by atoms with van der Waals surface area (Å²) in [5, 5.41) is 2.17. The number of ether oxygens (including phenoxy) is 2. The topological polar surface area (TPSA) is 73.3 Å². The minimum absolute atomic E-state index is 0.153. The SMILES string of the molecule is O=C(CSc1nccc(C(F)(F)F)n1)Nc1ccc2c(c1)OC(F)(F)O2. The molecular weight excluding hydrogens is 385 g/mol. The molecule has 0 saturated carbocycles. The number of carbonyl (C=O) groups excluding carboxylic acids is 1. The number of benzene rings is 1. The summed E-state index contributed by atoms with van der Waals surface area (Å²) >= 11 is 0.693. The number of rotatable bonds is 4. The van der Waals surface area contributed by atoms with Crippen molar-refractivity contribution >= 4 is 23.4 Å². The third-order valence-corrected chi connectivity index (χ3v) is 3.80. The zero-order chi connectivity index (χ0) is 18.9. The number of hydrogen-bond donors (Lipinski definition) is 1. The molecular formula is C14H8F5N3O3S. The lowest BCUT2D eigenvalue weighted by Gasteiger charge is -2.07. The predicted octanol–water partition coefficient (Wildman–Crippen LogP) is 3.55. The Morgan fingerprint density at radius 2 is 1.92 bits per heavy atom. The minimum Gasteiger partial charge on any atom is -0.395 e. The number of nitrogens with one attached hydrogen (secondary N) is 1. The van der Waals surface area contributed by atoms with Gasteiger partial charge in [-0.25, -0.2) is 9.97 Å². The van der Waals surface area contributed by atoms with E-state index in [1.54, 1.807) is 0 Å². The van der Waals surface area contributed by atoms with Gasteiger partial charge in [-0.3, -0.25) is 4.79 Å². The molecule has 0 radical (unpaired) electrons. The summed E-state index contributed by atoms with van der Waals surface area (Å²) in [5.41, 5.74) is -0.965. The van der Waals surface area contributed by atoms with Crippen LogP contribution in [0.2, 0.25) is 0 Å². The molecule has 138 valence electrons. The van der Waals surface area contributed by atoms with Gasteiger partial charge in [0.25, 0.3) is 0 Å². The van der Waals surface area contributed by atoms with E-state index in [2.05, 4.69) is 24.8 Å². The molecule has 2 heterocycles. The summed E-state index contributed by atoms with van der Waals surface area (Å²) < 4.78 is 72.0. The summed E-state index contributed by atoms with van der Waals surface area (Å²) in [6, 6.07) is 4.36. The number of amides is 1. The van der Waals surface area contributed by atoms with Crippen molar-refractivity contribution in [1.82, 2.24) is 9.97 Å². The fraction of sp³-hybridized carbons (Fsp3) is 0.214. The molecule has 1 N–H and O–H groups in total. The normalized spacial score (nSPS) is 15.0. The van der Waals surface area contributed by atoms with Crippen LogP contribution in [0.5, 0.6) is 11.5 Å². The van der Waals surface area contributed by atoms with Crippen LogP contribution >= 0.6 is 11.8 Å². The molecule has 0 atom stereocenters. The fourth-order valence-corrected chi connectivity index (χ4v) is 2.55. The number of alkyl halides is 5. The Kier molecular flexibility index (Phi) is 4.61. The number of nitrogens with zero attached hydrogens (tertiary/aromatic N) is 2. The van der Waals surface area contributed by atoms with Gasteiger partial charge in [0.1, 0.15) is 5.69 Å². The van der Waals surface area contributed by atoms with E-state index in [1.165, 1.54) is 12.1 Å². The number of halogens is 5. The Labute approximate surface area is 146 Å². The van der Waals surface area contributed by atoms with Crippen molar-refractivity contribution in [3.8, 4) is 11.5 Å². The molecule has 2 aromatic rings. The van der Waals surface area contributed by atoms with Crippen molar-refractivity contribution in [3.05, 3.63) is 36.2 Å². The van der Waals surface area contributed by atoms with Crippen LogP contribution in [0.1, 0.15) is 5.69 Å². The lowest BCUT2D eigenvalue weighted by Crippen LogP contribution is -2.25. The summed E-state index contributed by atoms with van der Waals surface area (Å²) in [6.07, 6.45) is -7.45. The van der Waals surface area contributed by atoms with Crippen LogP contribution in [0.25, 0.3) is 0 Å². The standard InChI is InChI=1S/C14H8F5N3O3S/c15-13(16,17)10-3-4-20-12(22-10)26-6-11(23)21-7-1-2-8-9(5-7)25-14(18,19)24-8/h1-5H,6H2,(H,21,23). The smallest absolute Gasteiger partial charge is 0.395 e. The molecule has 0 bridgehead atoms. The van der Waals surface area contributed by atoms with Crippen LogP contribution < -0.4 is 14.8 Å². The molecule has 1 aromatic carbocycles. The average molecular weight is 393 g/mol. The van der Waals surface area contributed by atoms with E-state index in [0.717, 1.165) is 12.3 Å². The first kappa shape index (κ1) is 18.2. The number of thioether (sulfide) groups is 1. The van der Waals surface area contributed by atoms with Gasteiger partial charge >= 0.3 is 12.5 Å². The number of anilines is 1. The lowest BCUT2D eigenvalue weighted by molar-refractivity contribution is -0.286. The van der Waals surface area contributed by atoms with Gasteiger partial charge < -0.3 is 14.8 Å². The molecule has 0 aliphatic carbocycles. The Balaban J connectivity index is 1.59. The second-order valence-corrected chi connectivity index (χ2v) is 5.83. The van der Waals surface area contributed by atoms with Crippen molar-refractivity contribution in [1.29, 1.82) is 0 Å². The Hall–Kier alpha value is -2.63. The van der Waals surface area contributed by atoms with E-state index in [4.69, 9.17) is 0 Å². The summed E-state index contributed by atoms with van der Waals surface area (Å²) in [5.74, 6) is -1.31. The zero-order valence-electron chi connectivity index (χ0n) is 12.5. The highest BCUT2D eigenvalue weighted by atomic mass is 32.2. The maximum Gasteiger partial charge on any atom is 0.586 e. The van der Waals surface area contributed by atoms with E-state index in [1.807, 2.05) is 0 Å². The van der Waals surface area contributed by atoms with Crippen molar-refractivity contribution < 1.29 is 36.2 Å². The first-order chi connectivity index (χ1) is 12.1. The second-order valence-electron chi connectivity index (χ2n) is 4.89. The van der Waals surface area contributed by atoms with Crippen LogP contribution in [0, 0.1) is 0 Å². The maximum atomic E-state index is 12.9. The van der Waals surface area contributed by atoms with E-state index in [0.29, 0.717) is 17.8 Å². The highest BCUT2D eigenvalue weighted by Gasteiger charge is 2.43. The van der Waals surface area contributed by atoms with Gasteiger partial charge in [0.2, 0.25) is 5.91 Å². The third-order valence-electron chi connectivity index (χ3n) is 2.94. The van der Waals surface area contributed by atoms with E-state index >= 15 is 0 Å². The van der Waals surface area contributed by atoms with Crippen LogP contribution in [0.3, 0.4) is 0 Å². The Morgan fingerprint density at radius 3 is 2.65 bits per heavy atom. The van der Waals surface area contributed by atoms with Crippen LogP contribution in [-0.2, 0) is 11.0 Å². The van der Waals surface area contributed by atoms with Gasteiger partial charge in [-0.2, -0.15) is 13.2 Å². The van der Waals surface area contributed by atoms with Crippen LogP contribution in [0.4, 0.5) is 27.6 Å². The first-order valence-electron chi connectivity index (χ1n) is 6.85.